The van der Waals surface area contributed by atoms with Crippen molar-refractivity contribution in [3.8, 4) is 11.1 Å². The fraction of sp³-hybridized carbons (Fsp3) is 0.526. The molecular formula is C38H45O2P. The van der Waals surface area contributed by atoms with Crippen molar-refractivity contribution in [2.45, 2.75) is 91.3 Å². The molecule has 214 valence electrons. The Hall–Kier alpha value is -1.99. The average molecular weight is 565 g/mol. The molecule has 8 rings (SSSR count). The van der Waals surface area contributed by atoms with Gasteiger partial charge in [0.25, 0.3) is 0 Å². The van der Waals surface area contributed by atoms with Gasteiger partial charge in [-0.05, 0) is 84.7 Å². The summed E-state index contributed by atoms with van der Waals surface area (Å²) in [6, 6.07) is 29.5. The van der Waals surface area contributed by atoms with Crippen LogP contribution in [0.3, 0.4) is 0 Å². The first-order valence-electron chi connectivity index (χ1n) is 15.9. The van der Waals surface area contributed by atoms with E-state index in [0.717, 1.165) is 0 Å². The highest BCUT2D eigenvalue weighted by molar-refractivity contribution is 7.56. The molecule has 2 nitrogen and oxygen atoms in total. The van der Waals surface area contributed by atoms with Gasteiger partial charge in [-0.15, -0.1) is 0 Å². The van der Waals surface area contributed by atoms with Crippen LogP contribution in [0.2, 0.25) is 0 Å². The lowest BCUT2D eigenvalue weighted by atomic mass is 9.55. The van der Waals surface area contributed by atoms with Crippen molar-refractivity contribution in [1.29, 1.82) is 0 Å². The largest absolute Gasteiger partial charge is 0.318 e. The number of fused-ring (bicyclic) bond motifs is 11. The first kappa shape index (κ1) is 26.6. The molecule has 4 aliphatic carbocycles. The molecule has 3 aromatic carbocycles. The summed E-state index contributed by atoms with van der Waals surface area (Å²) in [6.45, 7) is 15.1. The van der Waals surface area contributed by atoms with E-state index in [4.69, 9.17) is 9.05 Å². The van der Waals surface area contributed by atoms with Crippen LogP contribution in [-0.2, 0) is 20.2 Å². The number of benzene rings is 3. The summed E-state index contributed by atoms with van der Waals surface area (Å²) in [4.78, 5) is 0. The first-order valence-corrected chi connectivity index (χ1v) is 17.1. The van der Waals surface area contributed by atoms with Crippen molar-refractivity contribution in [1.82, 2.24) is 0 Å². The van der Waals surface area contributed by atoms with E-state index in [1.54, 1.807) is 0 Å². The van der Waals surface area contributed by atoms with E-state index in [1.165, 1.54) is 66.1 Å². The highest BCUT2D eigenvalue weighted by atomic mass is 31.2. The zero-order valence-electron chi connectivity index (χ0n) is 25.7. The molecule has 4 bridgehead atoms. The molecule has 1 aliphatic heterocycles. The van der Waals surface area contributed by atoms with E-state index in [9.17, 15) is 0 Å². The van der Waals surface area contributed by atoms with E-state index >= 15 is 0 Å². The van der Waals surface area contributed by atoms with Gasteiger partial charge in [0.05, 0.1) is 0 Å². The molecule has 3 aromatic rings. The van der Waals surface area contributed by atoms with Gasteiger partial charge in [0.15, 0.2) is 0 Å². The molecule has 0 saturated heterocycles. The van der Waals surface area contributed by atoms with Crippen LogP contribution >= 0.6 is 8.38 Å². The van der Waals surface area contributed by atoms with Gasteiger partial charge in [-0.2, -0.15) is 0 Å². The zero-order valence-corrected chi connectivity index (χ0v) is 26.6. The predicted octanol–water partition coefficient (Wildman–Crippen LogP) is 10.1. The third kappa shape index (κ3) is 3.01. The lowest BCUT2D eigenvalue weighted by Gasteiger charge is -2.57. The molecule has 0 amide bonds. The SMILES string of the molecule is CC12CCC(C1)C(C)(C)C21OP(c2ccccc2)OC2(c3ccccc3-c3ccccc31)C1(C)CCC(C1)C2(C)C. The second-order valence-electron chi connectivity index (χ2n) is 15.7. The highest BCUT2D eigenvalue weighted by Gasteiger charge is 2.75. The second-order valence-corrected chi connectivity index (χ2v) is 17.1. The van der Waals surface area contributed by atoms with Crippen LogP contribution in [0.25, 0.3) is 11.1 Å². The fourth-order valence-electron chi connectivity index (χ4n) is 11.4. The Morgan fingerprint density at radius 3 is 1.39 bits per heavy atom. The number of hydrogen-bond donors (Lipinski definition) is 0. The Morgan fingerprint density at radius 1 is 0.561 bits per heavy atom. The van der Waals surface area contributed by atoms with Gasteiger partial charge in [-0.25, -0.2) is 0 Å². The zero-order chi connectivity index (χ0) is 28.5. The summed E-state index contributed by atoms with van der Waals surface area (Å²) in [6.07, 6.45) is 7.40. The van der Waals surface area contributed by atoms with Crippen molar-refractivity contribution in [3.63, 3.8) is 0 Å². The summed E-state index contributed by atoms with van der Waals surface area (Å²) in [7, 11) is -1.40. The minimum atomic E-state index is -1.40. The molecule has 1 heterocycles. The molecule has 4 saturated carbocycles. The van der Waals surface area contributed by atoms with Crippen molar-refractivity contribution in [2.24, 2.45) is 33.5 Å². The highest BCUT2D eigenvalue weighted by Crippen LogP contribution is 2.81. The normalized spacial score (nSPS) is 41.2. The van der Waals surface area contributed by atoms with Crippen molar-refractivity contribution < 1.29 is 9.05 Å². The molecule has 6 atom stereocenters. The van der Waals surface area contributed by atoms with Gasteiger partial charge >= 0.3 is 0 Å². The summed E-state index contributed by atoms with van der Waals surface area (Å²) in [5.74, 6) is 1.27. The molecule has 3 heteroatoms. The van der Waals surface area contributed by atoms with E-state index in [-0.39, 0.29) is 21.7 Å². The van der Waals surface area contributed by atoms with Crippen LogP contribution in [0.5, 0.6) is 0 Å². The van der Waals surface area contributed by atoms with Crippen LogP contribution in [0.4, 0.5) is 0 Å². The molecule has 0 N–H and O–H groups in total. The van der Waals surface area contributed by atoms with E-state index in [0.29, 0.717) is 11.8 Å². The van der Waals surface area contributed by atoms with Gasteiger partial charge in [0.2, 0.25) is 8.38 Å². The maximum absolute atomic E-state index is 7.99. The lowest BCUT2D eigenvalue weighted by Crippen LogP contribution is -2.54. The second kappa shape index (κ2) is 8.34. The van der Waals surface area contributed by atoms with Crippen LogP contribution in [0, 0.1) is 33.5 Å². The summed E-state index contributed by atoms with van der Waals surface area (Å²) >= 11 is 0. The first-order chi connectivity index (χ1) is 19.5. The molecule has 41 heavy (non-hydrogen) atoms. The fourth-order valence-corrected chi connectivity index (χ4v) is 13.6. The molecule has 0 aromatic heterocycles. The topological polar surface area (TPSA) is 18.5 Å². The Labute approximate surface area is 248 Å². The Balaban J connectivity index is 1.50. The minimum absolute atomic E-state index is 0.0324. The summed E-state index contributed by atoms with van der Waals surface area (Å²) in [5, 5.41) is 1.20. The average Bonchev–Trinajstić information content (AvgIpc) is 3.66. The van der Waals surface area contributed by atoms with Gasteiger partial charge in [-0.1, -0.05) is 108 Å². The smallest absolute Gasteiger partial charge is 0.206 e. The van der Waals surface area contributed by atoms with Crippen molar-refractivity contribution in [2.75, 3.05) is 0 Å². The third-order valence-corrected chi connectivity index (χ3v) is 14.9. The van der Waals surface area contributed by atoms with Crippen LogP contribution in [0.1, 0.15) is 91.2 Å². The molecule has 5 aliphatic rings. The number of hydrogen-bond acceptors (Lipinski definition) is 2. The van der Waals surface area contributed by atoms with Crippen LogP contribution in [-0.4, -0.2) is 0 Å². The van der Waals surface area contributed by atoms with Gasteiger partial charge < -0.3 is 9.05 Å². The van der Waals surface area contributed by atoms with E-state index in [2.05, 4.69) is 120 Å². The Kier molecular flexibility index (Phi) is 5.42. The molecule has 2 spiro atoms. The molecular weight excluding hydrogens is 519 g/mol. The quantitative estimate of drug-likeness (QED) is 0.274. The van der Waals surface area contributed by atoms with Gasteiger partial charge in [0, 0.05) is 27.0 Å². The van der Waals surface area contributed by atoms with Crippen LogP contribution in [0.15, 0.2) is 78.9 Å². The van der Waals surface area contributed by atoms with Crippen molar-refractivity contribution >= 4 is 13.7 Å². The van der Waals surface area contributed by atoms with Crippen LogP contribution < -0.4 is 5.30 Å². The number of rotatable bonds is 1. The summed E-state index contributed by atoms with van der Waals surface area (Å²) in [5.41, 5.74) is 4.54. The maximum atomic E-state index is 7.99. The standard InChI is InChI=1S/C38H45O2P/c1-33(2)26-20-22-35(5,24-26)37(33)31-18-12-10-16-29(31)30-17-11-13-19-32(30)38(34(3,4)27-21-23-36(38,6)25-27)40-41(39-37)28-14-8-7-9-15-28/h7-19,26-27H,20-25H2,1-6H3. The molecule has 6 unspecified atom stereocenters. The van der Waals surface area contributed by atoms with Gasteiger partial charge in [-0.3, -0.25) is 0 Å². The predicted molar refractivity (Wildman–Crippen MR) is 169 cm³/mol. The minimum Gasteiger partial charge on any atom is -0.318 e. The molecule has 4 fully saturated rings. The third-order valence-electron chi connectivity index (χ3n) is 13.3. The van der Waals surface area contributed by atoms with E-state index < -0.39 is 19.6 Å². The van der Waals surface area contributed by atoms with Gasteiger partial charge in [0.1, 0.15) is 11.2 Å². The lowest BCUT2D eigenvalue weighted by molar-refractivity contribution is -0.158. The van der Waals surface area contributed by atoms with Crippen molar-refractivity contribution in [3.05, 3.63) is 90.0 Å². The Bertz CT molecular complexity index is 1420. The summed E-state index contributed by atoms with van der Waals surface area (Å²) < 4.78 is 16.0. The molecule has 0 radical (unpaired) electrons. The maximum Gasteiger partial charge on any atom is 0.206 e. The van der Waals surface area contributed by atoms with E-state index in [1.807, 2.05) is 0 Å². The monoisotopic (exact) mass is 564 g/mol. The Morgan fingerprint density at radius 2 is 0.976 bits per heavy atom.